The van der Waals surface area contributed by atoms with Crippen molar-refractivity contribution >= 4 is 17.2 Å². The Morgan fingerprint density at radius 1 is 1.27 bits per heavy atom. The lowest BCUT2D eigenvalue weighted by molar-refractivity contribution is 0.0648. The van der Waals surface area contributed by atoms with Gasteiger partial charge in [-0.25, -0.2) is 15.0 Å². The zero-order valence-electron chi connectivity index (χ0n) is 13.0. The van der Waals surface area contributed by atoms with Gasteiger partial charge < -0.3 is 4.90 Å². The summed E-state index contributed by atoms with van der Waals surface area (Å²) in [7, 11) is 0. The molecule has 0 N–H and O–H groups in total. The van der Waals surface area contributed by atoms with Crippen LogP contribution in [0.25, 0.3) is 0 Å². The summed E-state index contributed by atoms with van der Waals surface area (Å²) in [6.45, 7) is 5.79. The summed E-state index contributed by atoms with van der Waals surface area (Å²) in [6.07, 6.45) is 4.81. The van der Waals surface area contributed by atoms with Gasteiger partial charge in [0.1, 0.15) is 10.7 Å². The van der Waals surface area contributed by atoms with E-state index in [1.54, 1.807) is 0 Å². The summed E-state index contributed by atoms with van der Waals surface area (Å²) in [6, 6.07) is 0.393. The summed E-state index contributed by atoms with van der Waals surface area (Å²) < 4.78 is 0. The highest BCUT2D eigenvalue weighted by Gasteiger charge is 2.44. The van der Waals surface area contributed by atoms with Gasteiger partial charge in [-0.3, -0.25) is 4.79 Å². The van der Waals surface area contributed by atoms with Crippen LogP contribution >= 0.6 is 11.3 Å². The minimum absolute atomic E-state index is 0.127. The number of amides is 1. The van der Waals surface area contributed by atoms with Crippen molar-refractivity contribution in [1.82, 2.24) is 19.9 Å². The number of carbonyl (C=O) groups is 1. The van der Waals surface area contributed by atoms with Gasteiger partial charge in [0.15, 0.2) is 0 Å². The van der Waals surface area contributed by atoms with Crippen molar-refractivity contribution in [2.45, 2.75) is 52.1 Å². The number of hydrogen-bond acceptors (Lipinski definition) is 5. The fourth-order valence-electron chi connectivity index (χ4n) is 3.73. The van der Waals surface area contributed by atoms with E-state index in [9.17, 15) is 4.79 Å². The molecule has 2 aromatic heterocycles. The first-order chi connectivity index (χ1) is 10.5. The number of aromatic nitrogens is 3. The van der Waals surface area contributed by atoms with E-state index in [0.717, 1.165) is 51.9 Å². The van der Waals surface area contributed by atoms with Crippen molar-refractivity contribution in [2.24, 2.45) is 0 Å². The van der Waals surface area contributed by atoms with Crippen LogP contribution < -0.4 is 0 Å². The molecule has 0 aromatic carbocycles. The minimum atomic E-state index is 0.127. The number of hydrogen-bond donors (Lipinski definition) is 0. The van der Waals surface area contributed by atoms with Gasteiger partial charge in [-0.05, 0) is 33.6 Å². The van der Waals surface area contributed by atoms with Crippen LogP contribution in [0.4, 0.5) is 0 Å². The second-order valence-electron chi connectivity index (χ2n) is 6.13. The maximum Gasteiger partial charge on any atom is 0.266 e. The number of aryl methyl sites for hydroxylation is 3. The predicted molar refractivity (Wildman–Crippen MR) is 84.0 cm³/mol. The molecule has 2 atom stereocenters. The van der Waals surface area contributed by atoms with Crippen molar-refractivity contribution in [3.8, 4) is 0 Å². The van der Waals surface area contributed by atoms with E-state index in [0.29, 0.717) is 0 Å². The molecule has 2 unspecified atom stereocenters. The average molecular weight is 314 g/mol. The Labute approximate surface area is 133 Å². The molecule has 4 heterocycles. The molecule has 22 heavy (non-hydrogen) atoms. The molecule has 2 aromatic rings. The zero-order chi connectivity index (χ0) is 15.4. The Kier molecular flexibility index (Phi) is 3.04. The number of rotatable bonds is 1. The fourth-order valence-corrected chi connectivity index (χ4v) is 4.60. The minimum Gasteiger partial charge on any atom is -0.327 e. The van der Waals surface area contributed by atoms with E-state index in [-0.39, 0.29) is 18.0 Å². The maximum absolute atomic E-state index is 13.0. The van der Waals surface area contributed by atoms with Crippen LogP contribution in [0.1, 0.15) is 56.3 Å². The zero-order valence-corrected chi connectivity index (χ0v) is 13.8. The number of fused-ring (bicyclic) bond motifs is 4. The highest BCUT2D eigenvalue weighted by Crippen LogP contribution is 2.44. The van der Waals surface area contributed by atoms with E-state index in [1.165, 1.54) is 11.3 Å². The van der Waals surface area contributed by atoms with Crippen molar-refractivity contribution < 1.29 is 4.79 Å². The molecule has 4 rings (SSSR count). The van der Waals surface area contributed by atoms with Crippen molar-refractivity contribution in [3.05, 3.63) is 38.9 Å². The molecule has 0 aliphatic carbocycles. The topological polar surface area (TPSA) is 59.0 Å². The predicted octanol–water partition coefficient (Wildman–Crippen LogP) is 2.76. The third kappa shape index (κ3) is 1.97. The van der Waals surface area contributed by atoms with Gasteiger partial charge in [0.2, 0.25) is 0 Å². The molecule has 1 amide bonds. The van der Waals surface area contributed by atoms with Crippen LogP contribution in [0.5, 0.6) is 0 Å². The molecule has 1 saturated heterocycles. The average Bonchev–Trinajstić information content (AvgIpc) is 2.97. The summed E-state index contributed by atoms with van der Waals surface area (Å²) in [4.78, 5) is 29.2. The monoisotopic (exact) mass is 314 g/mol. The van der Waals surface area contributed by atoms with Gasteiger partial charge in [0.05, 0.1) is 22.4 Å². The van der Waals surface area contributed by atoms with Gasteiger partial charge in [0, 0.05) is 24.2 Å². The van der Waals surface area contributed by atoms with Crippen LogP contribution in [0.2, 0.25) is 0 Å². The van der Waals surface area contributed by atoms with Gasteiger partial charge in [-0.15, -0.1) is 11.3 Å². The Hall–Kier alpha value is -1.82. The van der Waals surface area contributed by atoms with E-state index in [2.05, 4.69) is 19.9 Å². The molecule has 2 aliphatic rings. The highest BCUT2D eigenvalue weighted by molar-refractivity contribution is 7.13. The first-order valence-electron chi connectivity index (χ1n) is 7.63. The Morgan fingerprint density at radius 3 is 2.82 bits per heavy atom. The molecule has 0 spiro atoms. The lowest BCUT2D eigenvalue weighted by Crippen LogP contribution is -2.42. The number of thiazole rings is 1. The highest BCUT2D eigenvalue weighted by atomic mass is 32.1. The number of carbonyl (C=O) groups excluding carboxylic acids is 1. The quantitative estimate of drug-likeness (QED) is 0.812. The van der Waals surface area contributed by atoms with E-state index >= 15 is 0 Å². The standard InChI is InChI=1S/C16H18N4OS/c1-8-15(22-10(3)18-8)16(21)20-11-4-5-14(20)12-7-17-9(2)19-13(12)6-11/h7,11,14H,4-6H2,1-3H3. The molecular formula is C16H18N4OS. The normalized spacial score (nSPS) is 22.8. The Balaban J connectivity index is 1.74. The Morgan fingerprint density at radius 2 is 2.09 bits per heavy atom. The molecule has 0 radical (unpaired) electrons. The van der Waals surface area contributed by atoms with E-state index in [1.807, 2.05) is 27.0 Å². The summed E-state index contributed by atoms with van der Waals surface area (Å²) in [5.41, 5.74) is 3.10. The first-order valence-corrected chi connectivity index (χ1v) is 8.45. The van der Waals surface area contributed by atoms with Crippen LogP contribution in [0.3, 0.4) is 0 Å². The third-order valence-corrected chi connectivity index (χ3v) is 5.70. The van der Waals surface area contributed by atoms with Crippen molar-refractivity contribution in [3.63, 3.8) is 0 Å². The maximum atomic E-state index is 13.0. The smallest absolute Gasteiger partial charge is 0.266 e. The van der Waals surface area contributed by atoms with Crippen molar-refractivity contribution in [2.75, 3.05) is 0 Å². The van der Waals surface area contributed by atoms with Gasteiger partial charge in [-0.2, -0.15) is 0 Å². The molecule has 6 heteroatoms. The summed E-state index contributed by atoms with van der Waals surface area (Å²) in [5.74, 6) is 0.939. The molecule has 2 bridgehead atoms. The fraction of sp³-hybridized carbons (Fsp3) is 0.500. The lowest BCUT2D eigenvalue weighted by atomic mass is 9.99. The second kappa shape index (κ2) is 4.84. The lowest BCUT2D eigenvalue weighted by Gasteiger charge is -2.35. The first kappa shape index (κ1) is 13.8. The van der Waals surface area contributed by atoms with E-state index < -0.39 is 0 Å². The van der Waals surface area contributed by atoms with Crippen molar-refractivity contribution in [1.29, 1.82) is 0 Å². The molecule has 0 saturated carbocycles. The summed E-state index contributed by atoms with van der Waals surface area (Å²) in [5, 5.41) is 0.949. The van der Waals surface area contributed by atoms with Crippen LogP contribution in [-0.2, 0) is 6.42 Å². The number of nitrogens with zero attached hydrogens (tertiary/aromatic N) is 4. The molecule has 114 valence electrons. The second-order valence-corrected chi connectivity index (χ2v) is 7.33. The molecular weight excluding hydrogens is 296 g/mol. The molecule has 5 nitrogen and oxygen atoms in total. The molecule has 2 aliphatic heterocycles. The van der Waals surface area contributed by atoms with Crippen LogP contribution in [-0.4, -0.2) is 31.8 Å². The largest absolute Gasteiger partial charge is 0.327 e. The van der Waals surface area contributed by atoms with Gasteiger partial charge in [0.25, 0.3) is 5.91 Å². The molecule has 1 fully saturated rings. The van der Waals surface area contributed by atoms with Gasteiger partial charge >= 0.3 is 0 Å². The van der Waals surface area contributed by atoms with Gasteiger partial charge in [-0.1, -0.05) is 0 Å². The summed E-state index contributed by atoms with van der Waals surface area (Å²) >= 11 is 1.50. The van der Waals surface area contributed by atoms with Crippen LogP contribution in [0, 0.1) is 20.8 Å². The van der Waals surface area contributed by atoms with Crippen LogP contribution in [0.15, 0.2) is 6.20 Å². The Bertz CT molecular complexity index is 770. The third-order valence-electron chi connectivity index (χ3n) is 4.64. The van der Waals surface area contributed by atoms with E-state index in [4.69, 9.17) is 0 Å². The SMILES string of the molecule is Cc1ncc2c(n1)CC1CCC2N1C(=O)c1sc(C)nc1C.